The maximum atomic E-state index is 6.29. The molecule has 0 amide bonds. The smallest absolute Gasteiger partial charge is 0.164 e. The number of allylic oxidation sites excluding steroid dienone is 5. The summed E-state index contributed by atoms with van der Waals surface area (Å²) in [6.45, 7) is 2.04. The first kappa shape index (κ1) is 29.9. The summed E-state index contributed by atoms with van der Waals surface area (Å²) in [5.74, 6) is 5.19. The van der Waals surface area contributed by atoms with Crippen molar-refractivity contribution < 1.29 is 0 Å². The fraction of sp³-hybridized carbons (Fsp3) is 0.0652. The van der Waals surface area contributed by atoms with Crippen LogP contribution < -0.4 is 0 Å². The molecule has 0 unspecified atom stereocenters. The van der Waals surface area contributed by atoms with E-state index in [4.69, 9.17) is 21.4 Å². The Morgan fingerprint density at radius 2 is 1.42 bits per heavy atom. The van der Waals surface area contributed by atoms with Crippen LogP contribution in [-0.2, 0) is 0 Å². The Kier molecular flexibility index (Phi) is 7.42. The zero-order valence-corrected chi connectivity index (χ0v) is 28.3. The third-order valence-corrected chi connectivity index (χ3v) is 10.7. The molecule has 0 N–H and O–H groups in total. The van der Waals surface area contributed by atoms with E-state index in [0.717, 1.165) is 63.0 Å². The minimum absolute atomic E-state index is 0.686. The van der Waals surface area contributed by atoms with E-state index in [2.05, 4.69) is 127 Å². The predicted octanol–water partition coefficient (Wildman–Crippen LogP) is 12.3. The highest BCUT2D eigenvalue weighted by Gasteiger charge is 2.18. The van der Waals surface area contributed by atoms with Gasteiger partial charge in [-0.05, 0) is 76.4 Å². The molecule has 236 valence electrons. The van der Waals surface area contributed by atoms with Crippen LogP contribution in [0.4, 0.5) is 0 Å². The number of rotatable bonds is 5. The average molecular weight is 658 g/mol. The van der Waals surface area contributed by atoms with Crippen LogP contribution in [0, 0.1) is 12.3 Å². The Hall–Kier alpha value is -6.15. The van der Waals surface area contributed by atoms with Gasteiger partial charge >= 0.3 is 0 Å². The standard InChI is InChI=1S/C46H31N3S/c1-3-14-35-33(4-2)43-34(21-13-22-39(43)37-20-12-11-19-36(35)37)31-24-26-41-40(27-31)38-25-23-32(28-42(38)50-41)46-48-44(29-15-7-5-8-16-29)47-45(49-46)30-17-9-6-10-18-30/h2-3,5-9,11-17,19-28H,10,18H2,1H3/b14-3-. The number of terminal acetylenes is 1. The molecule has 0 spiro atoms. The summed E-state index contributed by atoms with van der Waals surface area (Å²) in [6, 6.07) is 38.6. The molecule has 0 radical (unpaired) electrons. The molecule has 3 nitrogen and oxygen atoms in total. The largest absolute Gasteiger partial charge is 0.209 e. The summed E-state index contributed by atoms with van der Waals surface area (Å²) in [6.07, 6.45) is 18.8. The molecule has 2 aromatic heterocycles. The monoisotopic (exact) mass is 657 g/mol. The number of hydrogen-bond acceptors (Lipinski definition) is 4. The van der Waals surface area contributed by atoms with Gasteiger partial charge in [0, 0.05) is 42.2 Å². The van der Waals surface area contributed by atoms with E-state index < -0.39 is 0 Å². The Balaban J connectivity index is 1.20. The van der Waals surface area contributed by atoms with E-state index in [1.54, 1.807) is 11.3 Å². The Labute approximate surface area is 295 Å². The van der Waals surface area contributed by atoms with Gasteiger partial charge in [-0.2, -0.15) is 0 Å². The molecule has 0 fully saturated rings. The highest BCUT2D eigenvalue weighted by atomic mass is 32.1. The molecule has 0 saturated carbocycles. The van der Waals surface area contributed by atoms with Crippen molar-refractivity contribution in [1.29, 1.82) is 0 Å². The van der Waals surface area contributed by atoms with Crippen molar-refractivity contribution in [2.24, 2.45) is 0 Å². The van der Waals surface area contributed by atoms with Gasteiger partial charge in [-0.3, -0.25) is 0 Å². The van der Waals surface area contributed by atoms with Crippen LogP contribution in [-0.4, -0.2) is 15.0 Å². The summed E-state index contributed by atoms with van der Waals surface area (Å²) in [4.78, 5) is 14.9. The number of nitrogens with zero attached hydrogens (tertiary/aromatic N) is 3. The molecule has 6 aromatic carbocycles. The normalized spacial score (nSPS) is 13.1. The molecule has 2 heterocycles. The van der Waals surface area contributed by atoms with E-state index in [1.807, 2.05) is 25.1 Å². The van der Waals surface area contributed by atoms with Crippen LogP contribution in [0.1, 0.15) is 36.7 Å². The third kappa shape index (κ3) is 5.03. The van der Waals surface area contributed by atoms with Gasteiger partial charge in [0.15, 0.2) is 17.5 Å². The molecular formula is C46H31N3S. The Morgan fingerprint density at radius 1 is 0.660 bits per heavy atom. The first-order chi connectivity index (χ1) is 24.7. The van der Waals surface area contributed by atoms with Crippen molar-refractivity contribution in [3.8, 4) is 46.2 Å². The highest BCUT2D eigenvalue weighted by molar-refractivity contribution is 7.25. The summed E-state index contributed by atoms with van der Waals surface area (Å²) in [5.41, 5.74) is 7.40. The van der Waals surface area contributed by atoms with Crippen molar-refractivity contribution in [3.63, 3.8) is 0 Å². The Morgan fingerprint density at radius 3 is 2.22 bits per heavy atom. The number of fused-ring (bicyclic) bond motifs is 6. The van der Waals surface area contributed by atoms with E-state index in [9.17, 15) is 0 Å². The van der Waals surface area contributed by atoms with Crippen LogP contribution in [0.25, 0.3) is 87.3 Å². The van der Waals surface area contributed by atoms with E-state index in [1.165, 1.54) is 36.3 Å². The second kappa shape index (κ2) is 12.4. The third-order valence-electron chi connectivity index (χ3n) is 9.58. The van der Waals surface area contributed by atoms with Gasteiger partial charge in [0.05, 0.1) is 0 Å². The van der Waals surface area contributed by atoms with Crippen molar-refractivity contribution >= 4 is 64.7 Å². The fourth-order valence-corrected chi connectivity index (χ4v) is 8.36. The maximum Gasteiger partial charge on any atom is 0.164 e. The summed E-state index contributed by atoms with van der Waals surface area (Å²) in [7, 11) is 0. The lowest BCUT2D eigenvalue weighted by atomic mass is 9.87. The lowest BCUT2D eigenvalue weighted by Crippen LogP contribution is -2.03. The number of benzene rings is 6. The lowest BCUT2D eigenvalue weighted by Gasteiger charge is -2.16. The number of hydrogen-bond donors (Lipinski definition) is 0. The molecule has 9 rings (SSSR count). The van der Waals surface area contributed by atoms with Crippen molar-refractivity contribution in [2.45, 2.75) is 19.8 Å². The van der Waals surface area contributed by atoms with Gasteiger partial charge in [0.2, 0.25) is 0 Å². The van der Waals surface area contributed by atoms with Gasteiger partial charge in [0.1, 0.15) is 0 Å². The van der Waals surface area contributed by atoms with Gasteiger partial charge in [-0.25, -0.2) is 15.0 Å². The van der Waals surface area contributed by atoms with Crippen LogP contribution in [0.5, 0.6) is 0 Å². The molecule has 8 aromatic rings. The predicted molar refractivity (Wildman–Crippen MR) is 213 cm³/mol. The van der Waals surface area contributed by atoms with Gasteiger partial charge in [-0.15, -0.1) is 17.8 Å². The van der Waals surface area contributed by atoms with Gasteiger partial charge < -0.3 is 0 Å². The van der Waals surface area contributed by atoms with Gasteiger partial charge in [-0.1, -0.05) is 127 Å². The van der Waals surface area contributed by atoms with Crippen molar-refractivity contribution in [3.05, 3.63) is 150 Å². The van der Waals surface area contributed by atoms with Gasteiger partial charge in [0.25, 0.3) is 0 Å². The topological polar surface area (TPSA) is 38.7 Å². The second-order valence-electron chi connectivity index (χ2n) is 12.6. The molecule has 0 aliphatic heterocycles. The number of thiophene rings is 1. The summed E-state index contributed by atoms with van der Waals surface area (Å²) in [5, 5.41) is 7.11. The van der Waals surface area contributed by atoms with Crippen LogP contribution in [0.2, 0.25) is 0 Å². The number of aromatic nitrogens is 3. The highest BCUT2D eigenvalue weighted by Crippen LogP contribution is 2.42. The molecule has 1 aliphatic carbocycles. The zero-order valence-electron chi connectivity index (χ0n) is 27.5. The molecule has 0 saturated heterocycles. The minimum atomic E-state index is 0.686. The molecule has 0 bridgehead atoms. The molecular weight excluding hydrogens is 627 g/mol. The zero-order chi connectivity index (χ0) is 33.6. The Bertz CT molecular complexity index is 2780. The molecule has 4 heteroatoms. The molecule has 0 atom stereocenters. The van der Waals surface area contributed by atoms with Crippen molar-refractivity contribution in [2.75, 3.05) is 0 Å². The summed E-state index contributed by atoms with van der Waals surface area (Å²) < 4.78 is 2.43. The maximum absolute atomic E-state index is 6.29. The molecule has 50 heavy (non-hydrogen) atoms. The fourth-order valence-electron chi connectivity index (χ4n) is 7.24. The SMILES string of the molecule is C#Cc1c(/C=C\C)c2ccccc2c2cccc(-c3ccc4sc5cc(-c6nc(C7=CC=CCC7)nc(-c7ccccc7)n6)ccc5c4c3)c12. The minimum Gasteiger partial charge on any atom is -0.209 e. The van der Waals surface area contributed by atoms with E-state index in [-0.39, 0.29) is 0 Å². The summed E-state index contributed by atoms with van der Waals surface area (Å²) >= 11 is 1.80. The van der Waals surface area contributed by atoms with E-state index in [0.29, 0.717) is 11.6 Å². The lowest BCUT2D eigenvalue weighted by molar-refractivity contribution is 0.978. The van der Waals surface area contributed by atoms with E-state index >= 15 is 0 Å². The average Bonchev–Trinajstić information content (AvgIpc) is 3.55. The first-order valence-electron chi connectivity index (χ1n) is 16.9. The van der Waals surface area contributed by atoms with Crippen LogP contribution >= 0.6 is 11.3 Å². The quantitative estimate of drug-likeness (QED) is 0.137. The second-order valence-corrected chi connectivity index (χ2v) is 13.6. The van der Waals surface area contributed by atoms with Crippen LogP contribution in [0.3, 0.4) is 0 Å². The van der Waals surface area contributed by atoms with Crippen LogP contribution in [0.15, 0.2) is 133 Å². The first-order valence-corrected chi connectivity index (χ1v) is 17.7. The van der Waals surface area contributed by atoms with Crippen molar-refractivity contribution in [1.82, 2.24) is 15.0 Å². The molecule has 1 aliphatic rings.